The van der Waals surface area contributed by atoms with Crippen molar-refractivity contribution in [3.05, 3.63) is 0 Å². The second-order valence-corrected chi connectivity index (χ2v) is 5.71. The molecular weight excluding hydrogens is 210 g/mol. The highest BCUT2D eigenvalue weighted by atomic mass is 32.2. The topological polar surface area (TPSA) is 38.3 Å². The fourth-order valence-electron chi connectivity index (χ4n) is 1.85. The molecule has 15 heavy (non-hydrogen) atoms. The summed E-state index contributed by atoms with van der Waals surface area (Å²) in [5.41, 5.74) is 0. The quantitative estimate of drug-likeness (QED) is 0.642. The third-order valence-electron chi connectivity index (χ3n) is 2.69. The Balaban J connectivity index is 1.78. The van der Waals surface area contributed by atoms with Gasteiger partial charge in [0.25, 0.3) is 0 Å². The summed E-state index contributed by atoms with van der Waals surface area (Å²) >= 11 is 0. The third-order valence-corrected chi connectivity index (χ3v) is 3.55. The van der Waals surface area contributed by atoms with Gasteiger partial charge in [0.1, 0.15) is 0 Å². The van der Waals surface area contributed by atoms with Gasteiger partial charge in [-0.15, -0.1) is 0 Å². The molecule has 1 aliphatic rings. The van der Waals surface area contributed by atoms with Crippen LogP contribution in [0.25, 0.3) is 0 Å². The molecule has 0 saturated carbocycles. The van der Waals surface area contributed by atoms with Crippen LogP contribution in [0, 0.1) is 0 Å². The molecule has 0 spiro atoms. The fraction of sp³-hybridized carbons (Fsp3) is 1.00. The Morgan fingerprint density at radius 2 is 2.20 bits per heavy atom. The van der Waals surface area contributed by atoms with Crippen LogP contribution in [0.3, 0.4) is 0 Å². The summed E-state index contributed by atoms with van der Waals surface area (Å²) in [4.78, 5) is 0. The number of rotatable bonds is 8. The van der Waals surface area contributed by atoms with Gasteiger partial charge < -0.3 is 10.1 Å². The van der Waals surface area contributed by atoms with Crippen LogP contribution in [-0.4, -0.2) is 42.0 Å². The Labute approximate surface area is 95.4 Å². The molecule has 1 aliphatic heterocycles. The zero-order valence-corrected chi connectivity index (χ0v) is 10.5. The highest BCUT2D eigenvalue weighted by Gasteiger charge is 2.13. The fourth-order valence-corrected chi connectivity index (χ4v) is 2.40. The monoisotopic (exact) mass is 233 g/mol. The molecule has 2 unspecified atom stereocenters. The summed E-state index contributed by atoms with van der Waals surface area (Å²) in [6, 6.07) is 0. The average molecular weight is 233 g/mol. The molecule has 0 aromatic carbocycles. The van der Waals surface area contributed by atoms with Crippen molar-refractivity contribution in [3.8, 4) is 0 Å². The number of hydrogen-bond acceptors (Lipinski definition) is 3. The molecule has 4 heteroatoms. The van der Waals surface area contributed by atoms with Gasteiger partial charge in [0.15, 0.2) is 0 Å². The maximum atomic E-state index is 10.8. The van der Waals surface area contributed by atoms with E-state index in [4.69, 9.17) is 4.74 Å². The molecule has 0 aromatic heterocycles. The normalized spacial score (nSPS) is 23.1. The van der Waals surface area contributed by atoms with Crippen LogP contribution in [0.15, 0.2) is 0 Å². The molecular formula is C11H23NO2S. The minimum absolute atomic E-state index is 0.523. The van der Waals surface area contributed by atoms with Gasteiger partial charge >= 0.3 is 0 Å². The summed E-state index contributed by atoms with van der Waals surface area (Å²) in [7, 11) is -0.635. The second kappa shape index (κ2) is 8.25. The molecule has 2 atom stereocenters. The summed E-state index contributed by atoms with van der Waals surface area (Å²) in [6.45, 7) is 3.02. The largest absolute Gasteiger partial charge is 0.378 e. The highest BCUT2D eigenvalue weighted by molar-refractivity contribution is 7.84. The number of ether oxygens (including phenoxy) is 1. The van der Waals surface area contributed by atoms with E-state index >= 15 is 0 Å². The summed E-state index contributed by atoms with van der Waals surface area (Å²) < 4.78 is 16.3. The lowest BCUT2D eigenvalue weighted by Crippen LogP contribution is -2.19. The Morgan fingerprint density at radius 3 is 2.87 bits per heavy atom. The van der Waals surface area contributed by atoms with Gasteiger partial charge in [0.2, 0.25) is 0 Å². The van der Waals surface area contributed by atoms with E-state index in [0.717, 1.165) is 31.9 Å². The van der Waals surface area contributed by atoms with Gasteiger partial charge in [-0.2, -0.15) is 0 Å². The van der Waals surface area contributed by atoms with Crippen LogP contribution in [-0.2, 0) is 15.5 Å². The lowest BCUT2D eigenvalue weighted by atomic mass is 10.1. The third kappa shape index (κ3) is 7.03. The van der Waals surface area contributed by atoms with Crippen molar-refractivity contribution in [1.29, 1.82) is 0 Å². The van der Waals surface area contributed by atoms with Gasteiger partial charge in [-0.3, -0.25) is 4.21 Å². The highest BCUT2D eigenvalue weighted by Crippen LogP contribution is 2.16. The van der Waals surface area contributed by atoms with E-state index < -0.39 is 10.8 Å². The zero-order chi connectivity index (χ0) is 10.9. The molecule has 1 fully saturated rings. The minimum Gasteiger partial charge on any atom is -0.378 e. The van der Waals surface area contributed by atoms with Crippen LogP contribution < -0.4 is 5.32 Å². The minimum atomic E-state index is -0.635. The van der Waals surface area contributed by atoms with E-state index in [1.54, 1.807) is 6.26 Å². The molecule has 0 aliphatic carbocycles. The Hall–Kier alpha value is 0.0700. The predicted molar refractivity (Wildman–Crippen MR) is 64.6 cm³/mol. The summed E-state index contributed by atoms with van der Waals surface area (Å²) in [6.07, 6.45) is 8.16. The smallest absolute Gasteiger partial charge is 0.0576 e. The van der Waals surface area contributed by atoms with Crippen molar-refractivity contribution < 1.29 is 8.95 Å². The maximum Gasteiger partial charge on any atom is 0.0576 e. The van der Waals surface area contributed by atoms with Crippen LogP contribution >= 0.6 is 0 Å². The van der Waals surface area contributed by atoms with Crippen molar-refractivity contribution in [2.24, 2.45) is 0 Å². The van der Waals surface area contributed by atoms with Crippen LogP contribution in [0.1, 0.15) is 32.1 Å². The van der Waals surface area contributed by atoms with E-state index in [9.17, 15) is 4.21 Å². The van der Waals surface area contributed by atoms with E-state index in [0.29, 0.717) is 6.10 Å². The van der Waals surface area contributed by atoms with Crippen molar-refractivity contribution in [1.82, 2.24) is 5.32 Å². The first kappa shape index (κ1) is 13.1. The molecule has 0 radical (unpaired) electrons. The van der Waals surface area contributed by atoms with Crippen molar-refractivity contribution in [2.45, 2.75) is 38.2 Å². The van der Waals surface area contributed by atoms with E-state index in [1.165, 1.54) is 25.7 Å². The van der Waals surface area contributed by atoms with Gasteiger partial charge in [0.05, 0.1) is 6.10 Å². The second-order valence-electron chi connectivity index (χ2n) is 4.16. The van der Waals surface area contributed by atoms with Crippen LogP contribution in [0.2, 0.25) is 0 Å². The Bertz CT molecular complexity index is 181. The standard InChI is InChI=1S/C11H23NO2S/c1-15(13)10-4-8-12-7-2-5-11-6-3-9-14-11/h11-12H,2-10H2,1H3. The first-order valence-corrected chi connectivity index (χ1v) is 7.64. The van der Waals surface area contributed by atoms with E-state index in [-0.39, 0.29) is 0 Å². The van der Waals surface area contributed by atoms with Gasteiger partial charge in [0, 0.05) is 29.4 Å². The molecule has 1 heterocycles. The SMILES string of the molecule is CS(=O)CCCNCCCC1CCCO1. The number of nitrogens with one attached hydrogen (secondary N) is 1. The van der Waals surface area contributed by atoms with Crippen molar-refractivity contribution >= 4 is 10.8 Å². The number of hydrogen-bond donors (Lipinski definition) is 1. The van der Waals surface area contributed by atoms with Crippen LogP contribution in [0.5, 0.6) is 0 Å². The maximum absolute atomic E-state index is 10.8. The zero-order valence-electron chi connectivity index (χ0n) is 9.67. The summed E-state index contributed by atoms with van der Waals surface area (Å²) in [5.74, 6) is 0.818. The molecule has 90 valence electrons. The molecule has 0 amide bonds. The van der Waals surface area contributed by atoms with E-state index in [2.05, 4.69) is 5.32 Å². The van der Waals surface area contributed by atoms with Gasteiger partial charge in [-0.1, -0.05) is 0 Å². The van der Waals surface area contributed by atoms with E-state index in [1.807, 2.05) is 0 Å². The lowest BCUT2D eigenvalue weighted by molar-refractivity contribution is 0.102. The first-order chi connectivity index (χ1) is 7.29. The average Bonchev–Trinajstić information content (AvgIpc) is 2.68. The van der Waals surface area contributed by atoms with Crippen LogP contribution in [0.4, 0.5) is 0 Å². The molecule has 1 rings (SSSR count). The molecule has 1 saturated heterocycles. The Morgan fingerprint density at radius 1 is 1.40 bits per heavy atom. The van der Waals surface area contributed by atoms with Gasteiger partial charge in [-0.25, -0.2) is 0 Å². The van der Waals surface area contributed by atoms with Crippen molar-refractivity contribution in [2.75, 3.05) is 31.7 Å². The molecule has 0 aromatic rings. The predicted octanol–water partition coefficient (Wildman–Crippen LogP) is 1.30. The first-order valence-electron chi connectivity index (χ1n) is 5.91. The van der Waals surface area contributed by atoms with Crippen molar-refractivity contribution in [3.63, 3.8) is 0 Å². The van der Waals surface area contributed by atoms with Gasteiger partial charge in [-0.05, 0) is 45.2 Å². The molecule has 0 bridgehead atoms. The molecule has 1 N–H and O–H groups in total. The molecule has 3 nitrogen and oxygen atoms in total. The lowest BCUT2D eigenvalue weighted by Gasteiger charge is -2.09. The summed E-state index contributed by atoms with van der Waals surface area (Å²) in [5, 5.41) is 3.37. The Kier molecular flexibility index (Phi) is 7.22.